The number of methoxy groups -OCH3 is 1. The monoisotopic (exact) mass is 252 g/mol. The van der Waals surface area contributed by atoms with Crippen molar-refractivity contribution in [1.82, 2.24) is 5.32 Å². The predicted octanol–water partition coefficient (Wildman–Crippen LogP) is -0.635. The Morgan fingerprint density at radius 1 is 1.50 bits per heavy atom. The van der Waals surface area contributed by atoms with Crippen LogP contribution in [0.25, 0.3) is 0 Å². The Morgan fingerprint density at radius 2 is 2.22 bits per heavy atom. The third kappa shape index (κ3) is 3.63. The third-order valence-electron chi connectivity index (χ3n) is 2.28. The first-order valence-electron chi connectivity index (χ1n) is 5.22. The van der Waals surface area contributed by atoms with E-state index in [2.05, 4.69) is 10.5 Å². The zero-order chi connectivity index (χ0) is 13.5. The van der Waals surface area contributed by atoms with Crippen molar-refractivity contribution in [3.63, 3.8) is 0 Å². The van der Waals surface area contributed by atoms with E-state index in [1.807, 2.05) is 0 Å². The Balaban J connectivity index is 2.86. The fourth-order valence-corrected chi connectivity index (χ4v) is 1.45. The van der Waals surface area contributed by atoms with Gasteiger partial charge in [-0.05, 0) is 17.7 Å². The highest BCUT2D eigenvalue weighted by Gasteiger charge is 2.08. The molecule has 0 aliphatic heterocycles. The predicted molar refractivity (Wildman–Crippen MR) is 66.4 cm³/mol. The van der Waals surface area contributed by atoms with Crippen molar-refractivity contribution < 1.29 is 14.7 Å². The molecule has 0 radical (unpaired) electrons. The van der Waals surface area contributed by atoms with Gasteiger partial charge in [-0.3, -0.25) is 4.79 Å². The van der Waals surface area contributed by atoms with Crippen LogP contribution in [0.3, 0.4) is 0 Å². The van der Waals surface area contributed by atoms with Crippen LogP contribution in [-0.2, 0) is 11.3 Å². The minimum Gasteiger partial charge on any atom is -0.496 e. The highest BCUT2D eigenvalue weighted by atomic mass is 16.5. The number of primary amides is 1. The summed E-state index contributed by atoms with van der Waals surface area (Å²) in [4.78, 5) is 10.6. The number of amidine groups is 1. The summed E-state index contributed by atoms with van der Waals surface area (Å²) in [5.74, 6) is 0.0349. The standard InChI is InChI=1S/C11H16N4O3/c1-18-9-3-2-7(5-14-6-10(12)16)4-8(9)11(13)15-17/h2-4,14,17H,5-6H2,1H3,(H2,12,16)(H2,13,15). The molecule has 0 unspecified atom stereocenters. The average molecular weight is 252 g/mol. The first kappa shape index (κ1) is 13.8. The Morgan fingerprint density at radius 3 is 2.78 bits per heavy atom. The molecule has 1 rings (SSSR count). The van der Waals surface area contributed by atoms with Crippen LogP contribution in [0.2, 0.25) is 0 Å². The van der Waals surface area contributed by atoms with E-state index in [1.165, 1.54) is 7.11 Å². The molecule has 0 saturated heterocycles. The highest BCUT2D eigenvalue weighted by Crippen LogP contribution is 2.19. The average Bonchev–Trinajstić information content (AvgIpc) is 2.37. The molecule has 7 heteroatoms. The molecule has 0 aliphatic rings. The number of nitrogens with zero attached hydrogens (tertiary/aromatic N) is 1. The molecule has 1 aromatic rings. The summed E-state index contributed by atoms with van der Waals surface area (Å²) in [6.07, 6.45) is 0. The van der Waals surface area contributed by atoms with Crippen molar-refractivity contribution in [3.8, 4) is 5.75 Å². The molecule has 0 bridgehead atoms. The first-order valence-corrected chi connectivity index (χ1v) is 5.22. The summed E-state index contributed by atoms with van der Waals surface area (Å²) in [6.45, 7) is 0.531. The molecule has 1 amide bonds. The van der Waals surface area contributed by atoms with Crippen LogP contribution in [0.4, 0.5) is 0 Å². The zero-order valence-corrected chi connectivity index (χ0v) is 10.0. The Hall–Kier alpha value is -2.28. The van der Waals surface area contributed by atoms with Gasteiger partial charge in [0.2, 0.25) is 5.91 Å². The molecule has 18 heavy (non-hydrogen) atoms. The van der Waals surface area contributed by atoms with Crippen molar-refractivity contribution in [1.29, 1.82) is 0 Å². The second-order valence-corrected chi connectivity index (χ2v) is 3.59. The molecule has 7 nitrogen and oxygen atoms in total. The molecule has 0 saturated carbocycles. The lowest BCUT2D eigenvalue weighted by Crippen LogP contribution is -2.28. The van der Waals surface area contributed by atoms with Crippen LogP contribution in [0, 0.1) is 0 Å². The summed E-state index contributed by atoms with van der Waals surface area (Å²) < 4.78 is 5.10. The van der Waals surface area contributed by atoms with Gasteiger partial charge < -0.3 is 26.7 Å². The van der Waals surface area contributed by atoms with Crippen LogP contribution in [0.15, 0.2) is 23.4 Å². The van der Waals surface area contributed by atoms with E-state index >= 15 is 0 Å². The maximum absolute atomic E-state index is 10.6. The van der Waals surface area contributed by atoms with Gasteiger partial charge >= 0.3 is 0 Å². The minimum absolute atomic E-state index is 0.0383. The van der Waals surface area contributed by atoms with E-state index in [9.17, 15) is 4.79 Å². The molecule has 0 atom stereocenters. The van der Waals surface area contributed by atoms with Gasteiger partial charge in [0.05, 0.1) is 19.2 Å². The summed E-state index contributed by atoms with van der Waals surface area (Å²) in [5.41, 5.74) is 11.9. The molecular formula is C11H16N4O3. The highest BCUT2D eigenvalue weighted by molar-refractivity contribution is 5.99. The lowest BCUT2D eigenvalue weighted by atomic mass is 10.1. The Kier molecular flexibility index (Phi) is 4.94. The molecule has 0 heterocycles. The van der Waals surface area contributed by atoms with Gasteiger partial charge in [0.1, 0.15) is 5.75 Å². The number of amides is 1. The number of benzene rings is 1. The maximum Gasteiger partial charge on any atom is 0.231 e. The van der Waals surface area contributed by atoms with Crippen molar-refractivity contribution in [2.75, 3.05) is 13.7 Å². The Bertz CT molecular complexity index is 460. The number of hydrogen-bond acceptors (Lipinski definition) is 5. The van der Waals surface area contributed by atoms with E-state index in [-0.39, 0.29) is 12.4 Å². The van der Waals surface area contributed by atoms with Gasteiger partial charge in [-0.1, -0.05) is 11.2 Å². The molecule has 0 fully saturated rings. The number of carbonyl (C=O) groups excluding carboxylic acids is 1. The normalized spacial score (nSPS) is 11.3. The number of ether oxygens (including phenoxy) is 1. The van der Waals surface area contributed by atoms with E-state index < -0.39 is 5.91 Å². The molecule has 0 aliphatic carbocycles. The van der Waals surface area contributed by atoms with Crippen LogP contribution in [-0.4, -0.2) is 30.6 Å². The molecule has 0 aromatic heterocycles. The van der Waals surface area contributed by atoms with Gasteiger partial charge in [-0.25, -0.2) is 0 Å². The number of carbonyl (C=O) groups is 1. The van der Waals surface area contributed by atoms with Crippen LogP contribution in [0.5, 0.6) is 5.75 Å². The lowest BCUT2D eigenvalue weighted by Gasteiger charge is -2.10. The van der Waals surface area contributed by atoms with Gasteiger partial charge in [0, 0.05) is 6.54 Å². The maximum atomic E-state index is 10.6. The van der Waals surface area contributed by atoms with Gasteiger partial charge in [-0.2, -0.15) is 0 Å². The number of oxime groups is 1. The van der Waals surface area contributed by atoms with Crippen molar-refractivity contribution in [2.45, 2.75) is 6.54 Å². The van der Waals surface area contributed by atoms with Crippen LogP contribution in [0.1, 0.15) is 11.1 Å². The zero-order valence-electron chi connectivity index (χ0n) is 10.0. The molecular weight excluding hydrogens is 236 g/mol. The molecule has 0 spiro atoms. The van der Waals surface area contributed by atoms with E-state index in [0.717, 1.165) is 5.56 Å². The van der Waals surface area contributed by atoms with Crippen molar-refractivity contribution >= 4 is 11.7 Å². The lowest BCUT2D eigenvalue weighted by molar-refractivity contribution is -0.117. The fourth-order valence-electron chi connectivity index (χ4n) is 1.45. The smallest absolute Gasteiger partial charge is 0.231 e. The summed E-state index contributed by atoms with van der Waals surface area (Å²) in [6, 6.07) is 5.22. The fraction of sp³-hybridized carbons (Fsp3) is 0.273. The molecule has 98 valence electrons. The quantitative estimate of drug-likeness (QED) is 0.232. The summed E-state index contributed by atoms with van der Waals surface area (Å²) >= 11 is 0. The van der Waals surface area contributed by atoms with Crippen molar-refractivity contribution in [2.24, 2.45) is 16.6 Å². The summed E-state index contributed by atoms with van der Waals surface area (Å²) in [5, 5.41) is 14.5. The van der Waals surface area contributed by atoms with Gasteiger partial charge in [-0.15, -0.1) is 0 Å². The number of hydrogen-bond donors (Lipinski definition) is 4. The molecule has 6 N–H and O–H groups in total. The van der Waals surface area contributed by atoms with Gasteiger partial charge in [0.25, 0.3) is 0 Å². The van der Waals surface area contributed by atoms with Crippen LogP contribution >= 0.6 is 0 Å². The number of rotatable bonds is 6. The van der Waals surface area contributed by atoms with E-state index in [0.29, 0.717) is 17.9 Å². The van der Waals surface area contributed by atoms with E-state index in [4.69, 9.17) is 21.4 Å². The van der Waals surface area contributed by atoms with Gasteiger partial charge in [0.15, 0.2) is 5.84 Å². The third-order valence-corrected chi connectivity index (χ3v) is 2.28. The Labute approximate surface area is 104 Å². The first-order chi connectivity index (χ1) is 8.58. The minimum atomic E-state index is -0.430. The molecule has 1 aromatic carbocycles. The number of nitrogens with two attached hydrogens (primary N) is 2. The number of nitrogens with one attached hydrogen (secondary N) is 1. The largest absolute Gasteiger partial charge is 0.496 e. The topological polar surface area (TPSA) is 123 Å². The van der Waals surface area contributed by atoms with E-state index in [1.54, 1.807) is 18.2 Å². The van der Waals surface area contributed by atoms with Crippen LogP contribution < -0.4 is 21.5 Å². The van der Waals surface area contributed by atoms with Crippen molar-refractivity contribution in [3.05, 3.63) is 29.3 Å². The second-order valence-electron chi connectivity index (χ2n) is 3.59. The second kappa shape index (κ2) is 6.45. The SMILES string of the molecule is COc1ccc(CNCC(N)=O)cc1C(N)=NO. The summed E-state index contributed by atoms with van der Waals surface area (Å²) in [7, 11) is 1.49.